The van der Waals surface area contributed by atoms with Crippen LogP contribution in [0.4, 0.5) is 0 Å². The first-order valence-corrected chi connectivity index (χ1v) is 4.45. The van der Waals surface area contributed by atoms with Gasteiger partial charge in [0.25, 0.3) is 0 Å². The number of phenols is 1. The second-order valence-corrected chi connectivity index (χ2v) is 3.12. The van der Waals surface area contributed by atoms with Gasteiger partial charge >= 0.3 is 0 Å². The number of hydrogen-bond acceptors (Lipinski definition) is 4. The lowest BCUT2D eigenvalue weighted by atomic mass is 10.1. The van der Waals surface area contributed by atoms with Gasteiger partial charge in [-0.15, -0.1) is 0 Å². The molecular weight excluding hydrogens is 194 g/mol. The van der Waals surface area contributed by atoms with Crippen molar-refractivity contribution in [3.05, 3.63) is 36.0 Å². The van der Waals surface area contributed by atoms with Crippen LogP contribution in [0.3, 0.4) is 0 Å². The molecule has 0 bridgehead atoms. The molecule has 0 saturated carbocycles. The smallest absolute Gasteiger partial charge is 0.191 e. The average molecular weight is 203 g/mol. The summed E-state index contributed by atoms with van der Waals surface area (Å²) in [7, 11) is 0. The van der Waals surface area contributed by atoms with Crippen LogP contribution in [0.2, 0.25) is 0 Å². The van der Waals surface area contributed by atoms with Crippen molar-refractivity contribution < 1.29 is 15.0 Å². The summed E-state index contributed by atoms with van der Waals surface area (Å²) in [6.07, 6.45) is 1.54. The Hall–Kier alpha value is -1.94. The van der Waals surface area contributed by atoms with Crippen molar-refractivity contribution in [3.8, 4) is 5.75 Å². The van der Waals surface area contributed by atoms with Crippen molar-refractivity contribution in [2.24, 2.45) is 0 Å². The second-order valence-electron chi connectivity index (χ2n) is 3.12. The molecule has 0 amide bonds. The maximum absolute atomic E-state index is 11.2. The molecule has 4 nitrogen and oxygen atoms in total. The number of aromatic hydroxyl groups is 1. The van der Waals surface area contributed by atoms with E-state index >= 15 is 0 Å². The first-order valence-electron chi connectivity index (χ1n) is 4.45. The lowest BCUT2D eigenvalue weighted by molar-refractivity contribution is 0.0901. The predicted octanol–water partition coefficient (Wildman–Crippen LogP) is 1.12. The minimum atomic E-state index is -0.619. The van der Waals surface area contributed by atoms with Crippen LogP contribution >= 0.6 is 0 Å². The van der Waals surface area contributed by atoms with Gasteiger partial charge in [0.15, 0.2) is 11.5 Å². The summed E-state index contributed by atoms with van der Waals surface area (Å²) in [5.41, 5.74) is 0.473. The van der Waals surface area contributed by atoms with Crippen molar-refractivity contribution in [2.45, 2.75) is 0 Å². The minimum absolute atomic E-state index is 0.101. The van der Waals surface area contributed by atoms with E-state index in [0.717, 1.165) is 5.39 Å². The van der Waals surface area contributed by atoms with Gasteiger partial charge in [0.2, 0.25) is 0 Å². The van der Waals surface area contributed by atoms with Crippen LogP contribution < -0.4 is 0 Å². The topological polar surface area (TPSA) is 70.4 Å². The molecule has 1 aromatic carbocycles. The van der Waals surface area contributed by atoms with Gasteiger partial charge in [0.05, 0.1) is 5.56 Å². The molecule has 0 aliphatic carbocycles. The van der Waals surface area contributed by atoms with Crippen molar-refractivity contribution in [1.29, 1.82) is 0 Å². The lowest BCUT2D eigenvalue weighted by Crippen LogP contribution is -2.04. The fourth-order valence-corrected chi connectivity index (χ4v) is 1.44. The molecule has 2 rings (SSSR count). The number of pyridine rings is 1. The van der Waals surface area contributed by atoms with E-state index in [0.29, 0.717) is 5.52 Å². The number of phenolic OH excluding ortho intramolecular Hbond substituents is 1. The van der Waals surface area contributed by atoms with Crippen LogP contribution in [0.25, 0.3) is 10.9 Å². The Morgan fingerprint density at radius 1 is 1.33 bits per heavy atom. The fraction of sp³-hybridized carbons (Fsp3) is 0.0909. The number of hydrogen-bond donors (Lipinski definition) is 2. The Kier molecular flexibility index (Phi) is 2.35. The van der Waals surface area contributed by atoms with E-state index in [1.807, 2.05) is 0 Å². The van der Waals surface area contributed by atoms with Gasteiger partial charge in [-0.3, -0.25) is 9.78 Å². The number of nitrogens with zero attached hydrogens (tertiary/aromatic N) is 1. The van der Waals surface area contributed by atoms with E-state index in [2.05, 4.69) is 4.98 Å². The number of carbonyl (C=O) groups is 1. The van der Waals surface area contributed by atoms with E-state index in [1.165, 1.54) is 12.3 Å². The molecule has 76 valence electrons. The lowest BCUT2D eigenvalue weighted by Gasteiger charge is -2.04. The summed E-state index contributed by atoms with van der Waals surface area (Å²) in [6, 6.07) is 6.70. The molecule has 0 spiro atoms. The number of aliphatic hydroxyl groups is 1. The Balaban J connectivity index is 2.70. The van der Waals surface area contributed by atoms with Gasteiger partial charge < -0.3 is 10.2 Å². The van der Waals surface area contributed by atoms with Crippen LogP contribution in [0.15, 0.2) is 30.5 Å². The van der Waals surface area contributed by atoms with Gasteiger partial charge in [0.1, 0.15) is 12.1 Å². The molecule has 0 saturated heterocycles. The predicted molar refractivity (Wildman–Crippen MR) is 54.8 cm³/mol. The number of aliphatic hydroxyl groups excluding tert-OH is 1. The zero-order valence-corrected chi connectivity index (χ0v) is 7.84. The summed E-state index contributed by atoms with van der Waals surface area (Å²) in [4.78, 5) is 15.2. The fourth-order valence-electron chi connectivity index (χ4n) is 1.44. The Morgan fingerprint density at radius 3 is 2.87 bits per heavy atom. The van der Waals surface area contributed by atoms with E-state index < -0.39 is 12.4 Å². The molecule has 1 heterocycles. The van der Waals surface area contributed by atoms with E-state index in [9.17, 15) is 9.90 Å². The van der Waals surface area contributed by atoms with Crippen LogP contribution in [0, 0.1) is 0 Å². The maximum Gasteiger partial charge on any atom is 0.191 e. The molecule has 0 atom stereocenters. The highest BCUT2D eigenvalue weighted by molar-refractivity contribution is 6.04. The molecule has 2 N–H and O–H groups in total. The first kappa shape index (κ1) is 9.61. The largest absolute Gasteiger partial charge is 0.505 e. The molecule has 4 heteroatoms. The first-order chi connectivity index (χ1) is 7.24. The minimum Gasteiger partial charge on any atom is -0.505 e. The molecule has 0 radical (unpaired) electrons. The molecule has 2 aromatic rings. The zero-order chi connectivity index (χ0) is 10.8. The monoisotopic (exact) mass is 203 g/mol. The van der Waals surface area contributed by atoms with Crippen molar-refractivity contribution >= 4 is 16.7 Å². The van der Waals surface area contributed by atoms with Gasteiger partial charge in [-0.25, -0.2) is 0 Å². The van der Waals surface area contributed by atoms with E-state index in [-0.39, 0.29) is 11.3 Å². The quantitative estimate of drug-likeness (QED) is 0.717. The van der Waals surface area contributed by atoms with E-state index in [4.69, 9.17) is 5.11 Å². The molecule has 1 aromatic heterocycles. The summed E-state index contributed by atoms with van der Waals surface area (Å²) in [6.45, 7) is -0.619. The van der Waals surface area contributed by atoms with E-state index in [1.54, 1.807) is 18.2 Å². The Morgan fingerprint density at radius 2 is 2.13 bits per heavy atom. The molecular formula is C11H9NO3. The van der Waals surface area contributed by atoms with Gasteiger partial charge in [-0.1, -0.05) is 12.1 Å². The standard InChI is InChI=1S/C11H9NO3/c13-6-9(14)8-4-3-7-2-1-5-12-10(7)11(8)15/h1-5,13,15H,6H2. The molecule has 15 heavy (non-hydrogen) atoms. The normalized spacial score (nSPS) is 10.5. The van der Waals surface area contributed by atoms with Gasteiger partial charge in [-0.05, 0) is 12.1 Å². The van der Waals surface area contributed by atoms with Crippen LogP contribution in [0.5, 0.6) is 5.75 Å². The number of aromatic nitrogens is 1. The molecule has 0 unspecified atom stereocenters. The summed E-state index contributed by atoms with van der Waals surface area (Å²) < 4.78 is 0. The number of fused-ring (bicyclic) bond motifs is 1. The maximum atomic E-state index is 11.2. The number of carbonyl (C=O) groups excluding carboxylic acids is 1. The zero-order valence-electron chi connectivity index (χ0n) is 7.84. The average Bonchev–Trinajstić information content (AvgIpc) is 2.29. The number of ketones is 1. The number of benzene rings is 1. The summed E-state index contributed by atoms with van der Waals surface area (Å²) >= 11 is 0. The highest BCUT2D eigenvalue weighted by Gasteiger charge is 2.12. The third-order valence-corrected chi connectivity index (χ3v) is 2.19. The summed E-state index contributed by atoms with van der Waals surface area (Å²) in [5, 5.41) is 19.2. The highest BCUT2D eigenvalue weighted by Crippen LogP contribution is 2.26. The van der Waals surface area contributed by atoms with Crippen molar-refractivity contribution in [3.63, 3.8) is 0 Å². The Bertz CT molecular complexity index is 522. The van der Waals surface area contributed by atoms with Crippen LogP contribution in [-0.2, 0) is 0 Å². The third kappa shape index (κ3) is 1.55. The highest BCUT2D eigenvalue weighted by atomic mass is 16.3. The van der Waals surface area contributed by atoms with Gasteiger partial charge in [-0.2, -0.15) is 0 Å². The van der Waals surface area contributed by atoms with Crippen molar-refractivity contribution in [1.82, 2.24) is 4.98 Å². The Labute approximate surface area is 85.8 Å². The van der Waals surface area contributed by atoms with Crippen LogP contribution in [-0.4, -0.2) is 27.6 Å². The third-order valence-electron chi connectivity index (χ3n) is 2.19. The molecule has 0 fully saturated rings. The second kappa shape index (κ2) is 3.67. The van der Waals surface area contributed by atoms with Crippen molar-refractivity contribution in [2.75, 3.05) is 6.61 Å². The van der Waals surface area contributed by atoms with Crippen LogP contribution in [0.1, 0.15) is 10.4 Å². The summed E-state index contributed by atoms with van der Waals surface area (Å²) in [5.74, 6) is -0.688. The van der Waals surface area contributed by atoms with Gasteiger partial charge in [0, 0.05) is 11.6 Å². The number of Topliss-reactive ketones (excluding diaryl/α,β-unsaturated/α-hetero) is 1. The number of rotatable bonds is 2. The molecule has 0 aliphatic heterocycles. The molecule has 0 aliphatic rings. The SMILES string of the molecule is O=C(CO)c1ccc2cccnc2c1O.